The number of carbonyl (C=O) groups is 1. The Morgan fingerprint density at radius 1 is 1.65 bits per heavy atom. The third-order valence-corrected chi connectivity index (χ3v) is 2.87. The van der Waals surface area contributed by atoms with E-state index < -0.39 is 5.97 Å². The summed E-state index contributed by atoms with van der Waals surface area (Å²) in [5, 5.41) is 0. The van der Waals surface area contributed by atoms with Gasteiger partial charge in [-0.15, -0.1) is 0 Å². The lowest BCUT2D eigenvalue weighted by Crippen LogP contribution is -2.21. The maximum atomic E-state index is 11.7. The van der Waals surface area contributed by atoms with Crippen LogP contribution < -0.4 is 10.6 Å². The Kier molecular flexibility index (Phi) is 3.17. The molecule has 0 unspecified atom stereocenters. The summed E-state index contributed by atoms with van der Waals surface area (Å²) in [6.07, 6.45) is 3.87. The van der Waals surface area contributed by atoms with Crippen molar-refractivity contribution >= 4 is 17.5 Å². The number of ether oxygens (including phenoxy) is 1. The second kappa shape index (κ2) is 4.61. The first kappa shape index (κ1) is 11.7. The Hall–Kier alpha value is -1.78. The number of esters is 1. The molecule has 1 aliphatic carbocycles. The van der Waals surface area contributed by atoms with Gasteiger partial charge in [-0.05, 0) is 25.8 Å². The van der Waals surface area contributed by atoms with E-state index >= 15 is 0 Å². The third kappa shape index (κ3) is 2.49. The van der Waals surface area contributed by atoms with Crippen molar-refractivity contribution in [2.45, 2.75) is 25.8 Å². The molecule has 1 saturated carbocycles. The van der Waals surface area contributed by atoms with E-state index in [0.29, 0.717) is 23.9 Å². The lowest BCUT2D eigenvalue weighted by atomic mass is 10.2. The van der Waals surface area contributed by atoms with Crippen LogP contribution in [-0.2, 0) is 4.74 Å². The number of rotatable bonds is 4. The van der Waals surface area contributed by atoms with Gasteiger partial charge in [0.05, 0.1) is 24.1 Å². The van der Waals surface area contributed by atoms with Crippen molar-refractivity contribution in [3.8, 4) is 0 Å². The fourth-order valence-electron chi connectivity index (χ4n) is 1.68. The number of pyridine rings is 1. The molecule has 0 spiro atoms. The minimum atomic E-state index is -0.391. The monoisotopic (exact) mass is 235 g/mol. The van der Waals surface area contributed by atoms with Gasteiger partial charge in [0.1, 0.15) is 5.82 Å². The molecule has 0 amide bonds. The Labute approximate surface area is 101 Å². The van der Waals surface area contributed by atoms with E-state index in [1.165, 1.54) is 19.0 Å². The van der Waals surface area contributed by atoms with Crippen molar-refractivity contribution < 1.29 is 9.53 Å². The van der Waals surface area contributed by atoms with E-state index in [0.717, 1.165) is 5.82 Å². The van der Waals surface area contributed by atoms with Gasteiger partial charge in [-0.1, -0.05) is 0 Å². The van der Waals surface area contributed by atoms with Crippen molar-refractivity contribution in [2.75, 3.05) is 24.3 Å². The zero-order chi connectivity index (χ0) is 12.4. The lowest BCUT2D eigenvalue weighted by molar-refractivity contribution is 0.0527. The highest BCUT2D eigenvalue weighted by atomic mass is 16.5. The number of carbonyl (C=O) groups excluding carboxylic acids is 1. The quantitative estimate of drug-likeness (QED) is 0.800. The Bertz CT molecular complexity index is 430. The average molecular weight is 235 g/mol. The van der Waals surface area contributed by atoms with Crippen LogP contribution in [0.4, 0.5) is 11.5 Å². The molecule has 0 aliphatic heterocycles. The summed E-state index contributed by atoms with van der Waals surface area (Å²) in [4.78, 5) is 18.0. The number of nitrogens with zero attached hydrogens (tertiary/aromatic N) is 2. The maximum absolute atomic E-state index is 11.7. The van der Waals surface area contributed by atoms with Gasteiger partial charge in [-0.3, -0.25) is 0 Å². The van der Waals surface area contributed by atoms with Crippen LogP contribution in [0.15, 0.2) is 12.3 Å². The summed E-state index contributed by atoms with van der Waals surface area (Å²) < 4.78 is 4.95. The normalized spacial score (nSPS) is 14.5. The summed E-state index contributed by atoms with van der Waals surface area (Å²) >= 11 is 0. The van der Waals surface area contributed by atoms with Gasteiger partial charge in [0.2, 0.25) is 0 Å². The molecule has 1 aliphatic rings. The van der Waals surface area contributed by atoms with Gasteiger partial charge in [-0.2, -0.15) is 0 Å². The summed E-state index contributed by atoms with van der Waals surface area (Å²) in [7, 11) is 1.98. The summed E-state index contributed by atoms with van der Waals surface area (Å²) in [5.41, 5.74) is 6.48. The molecular weight excluding hydrogens is 218 g/mol. The minimum Gasteiger partial charge on any atom is -0.462 e. The second-order valence-corrected chi connectivity index (χ2v) is 4.19. The van der Waals surface area contributed by atoms with E-state index in [4.69, 9.17) is 10.5 Å². The lowest BCUT2D eigenvalue weighted by Gasteiger charge is -2.18. The first-order valence-corrected chi connectivity index (χ1v) is 5.79. The Morgan fingerprint density at radius 2 is 2.35 bits per heavy atom. The predicted octanol–water partition coefficient (Wildman–Crippen LogP) is 1.44. The van der Waals surface area contributed by atoms with Gasteiger partial charge < -0.3 is 15.4 Å². The van der Waals surface area contributed by atoms with Gasteiger partial charge in [0.15, 0.2) is 0 Å². The van der Waals surface area contributed by atoms with Crippen molar-refractivity contribution in [2.24, 2.45) is 0 Å². The first-order valence-electron chi connectivity index (χ1n) is 5.79. The number of nitrogen functional groups attached to an aromatic ring is 1. The average Bonchev–Trinajstić information content (AvgIpc) is 3.13. The molecule has 0 atom stereocenters. The van der Waals surface area contributed by atoms with E-state index in [9.17, 15) is 4.79 Å². The number of nitrogens with two attached hydrogens (primary N) is 1. The predicted molar refractivity (Wildman–Crippen MR) is 66.0 cm³/mol. The Balaban J connectivity index is 2.25. The topological polar surface area (TPSA) is 68.5 Å². The Morgan fingerprint density at radius 3 is 2.94 bits per heavy atom. The number of anilines is 2. The molecule has 5 heteroatoms. The van der Waals surface area contributed by atoms with Gasteiger partial charge in [-0.25, -0.2) is 9.78 Å². The SMILES string of the molecule is CCOC(=O)c1cc(N(C)C2CC2)ncc1N. The van der Waals surface area contributed by atoms with E-state index in [-0.39, 0.29) is 0 Å². The fourth-order valence-corrected chi connectivity index (χ4v) is 1.68. The number of hydrogen-bond donors (Lipinski definition) is 1. The van der Waals surface area contributed by atoms with Crippen LogP contribution in [0.2, 0.25) is 0 Å². The molecule has 1 aromatic rings. The second-order valence-electron chi connectivity index (χ2n) is 4.19. The molecule has 0 radical (unpaired) electrons. The van der Waals surface area contributed by atoms with Crippen molar-refractivity contribution in [3.63, 3.8) is 0 Å². The van der Waals surface area contributed by atoms with Crippen LogP contribution in [0.1, 0.15) is 30.1 Å². The zero-order valence-electron chi connectivity index (χ0n) is 10.1. The molecule has 92 valence electrons. The van der Waals surface area contributed by atoms with Crippen LogP contribution in [0.3, 0.4) is 0 Å². The zero-order valence-corrected chi connectivity index (χ0v) is 10.1. The molecule has 1 fully saturated rings. The highest BCUT2D eigenvalue weighted by Crippen LogP contribution is 2.30. The largest absolute Gasteiger partial charge is 0.462 e. The fraction of sp³-hybridized carbons (Fsp3) is 0.500. The minimum absolute atomic E-state index is 0.342. The van der Waals surface area contributed by atoms with E-state index in [1.807, 2.05) is 7.05 Å². The molecular formula is C12H17N3O2. The molecule has 5 nitrogen and oxygen atoms in total. The highest BCUT2D eigenvalue weighted by molar-refractivity contribution is 5.95. The van der Waals surface area contributed by atoms with Crippen LogP contribution in [0, 0.1) is 0 Å². The van der Waals surface area contributed by atoms with Gasteiger partial charge in [0.25, 0.3) is 0 Å². The summed E-state index contributed by atoms with van der Waals surface area (Å²) in [6, 6.07) is 2.24. The molecule has 1 aromatic heterocycles. The number of hydrogen-bond acceptors (Lipinski definition) is 5. The maximum Gasteiger partial charge on any atom is 0.340 e. The molecule has 2 rings (SSSR count). The third-order valence-electron chi connectivity index (χ3n) is 2.87. The highest BCUT2D eigenvalue weighted by Gasteiger charge is 2.27. The van der Waals surface area contributed by atoms with E-state index in [1.54, 1.807) is 13.0 Å². The van der Waals surface area contributed by atoms with Crippen LogP contribution >= 0.6 is 0 Å². The van der Waals surface area contributed by atoms with Crippen molar-refractivity contribution in [3.05, 3.63) is 17.8 Å². The molecule has 0 aromatic carbocycles. The molecule has 1 heterocycles. The number of aromatic nitrogens is 1. The van der Waals surface area contributed by atoms with Crippen LogP contribution in [0.25, 0.3) is 0 Å². The molecule has 2 N–H and O–H groups in total. The van der Waals surface area contributed by atoms with Crippen LogP contribution in [0.5, 0.6) is 0 Å². The molecule has 17 heavy (non-hydrogen) atoms. The molecule has 0 saturated heterocycles. The van der Waals surface area contributed by atoms with Crippen molar-refractivity contribution in [1.82, 2.24) is 4.98 Å². The van der Waals surface area contributed by atoms with Crippen LogP contribution in [-0.4, -0.2) is 30.6 Å². The van der Waals surface area contributed by atoms with Gasteiger partial charge >= 0.3 is 5.97 Å². The van der Waals surface area contributed by atoms with E-state index in [2.05, 4.69) is 9.88 Å². The first-order chi connectivity index (χ1) is 8.13. The van der Waals surface area contributed by atoms with Crippen molar-refractivity contribution in [1.29, 1.82) is 0 Å². The smallest absolute Gasteiger partial charge is 0.340 e. The summed E-state index contributed by atoms with van der Waals surface area (Å²) in [6.45, 7) is 2.11. The standard InChI is InChI=1S/C12H17N3O2/c1-3-17-12(16)9-6-11(14-7-10(9)13)15(2)8-4-5-8/h6-8H,3-5,13H2,1-2H3. The molecule has 0 bridgehead atoms. The summed E-state index contributed by atoms with van der Waals surface area (Å²) in [5.74, 6) is 0.377. The van der Waals surface area contributed by atoms with Gasteiger partial charge in [0, 0.05) is 13.1 Å².